The van der Waals surface area contributed by atoms with Gasteiger partial charge in [-0.15, -0.1) is 0 Å². The Morgan fingerprint density at radius 1 is 0.571 bits per heavy atom. The second-order valence-corrected chi connectivity index (χ2v) is 5.69. The summed E-state index contributed by atoms with van der Waals surface area (Å²) < 4.78 is 61.6. The van der Waals surface area contributed by atoms with Gasteiger partial charge in [-0.25, -0.2) is 22.0 Å². The third-order valence-electron chi connectivity index (χ3n) is 3.37. The van der Waals surface area contributed by atoms with E-state index >= 15 is 0 Å². The van der Waals surface area contributed by atoms with Gasteiger partial charge in [0, 0.05) is 5.56 Å². The molecule has 0 bridgehead atoms. The fourth-order valence-corrected chi connectivity index (χ4v) is 1.88. The summed E-state index contributed by atoms with van der Waals surface area (Å²) in [5.74, 6) is -9.18. The molecule has 6 heteroatoms. The standard InChI is InChI=1S/C7H3F5.C7H8O.C7H8.CH4/c1-2-3(8)5(10)7(12)6(11)4(2)9;1-6-3-2-4-7(8)5-6;1-7-5-3-2-4-6-7;/h1H3;2-5,8H,1H3;2-6H,1H3;1H4. The fraction of sp³-hybridized carbons (Fsp3) is 0.182. The predicted octanol–water partition coefficient (Wildman–Crippen LogP) is 7.02. The van der Waals surface area contributed by atoms with Crippen LogP contribution in [0.5, 0.6) is 5.75 Å². The van der Waals surface area contributed by atoms with Crippen molar-refractivity contribution in [3.8, 4) is 5.75 Å². The molecule has 1 N–H and O–H groups in total. The van der Waals surface area contributed by atoms with E-state index in [0.29, 0.717) is 5.75 Å². The van der Waals surface area contributed by atoms with Crippen LogP contribution < -0.4 is 0 Å². The molecule has 0 spiro atoms. The zero-order valence-electron chi connectivity index (χ0n) is 15.0. The third kappa shape index (κ3) is 7.39. The van der Waals surface area contributed by atoms with E-state index in [0.717, 1.165) is 12.5 Å². The zero-order chi connectivity index (χ0) is 20.6. The zero-order valence-corrected chi connectivity index (χ0v) is 15.0. The maximum atomic E-state index is 12.4. The van der Waals surface area contributed by atoms with E-state index in [9.17, 15) is 22.0 Å². The molecule has 0 saturated heterocycles. The van der Waals surface area contributed by atoms with Crippen LogP contribution in [-0.4, -0.2) is 5.11 Å². The Balaban J connectivity index is 0.000000400. The summed E-state index contributed by atoms with van der Waals surface area (Å²) in [5, 5.41) is 8.81. The minimum atomic E-state index is -2.13. The molecule has 0 aliphatic rings. The van der Waals surface area contributed by atoms with Crippen LogP contribution in [0.25, 0.3) is 0 Å². The van der Waals surface area contributed by atoms with Gasteiger partial charge in [0.05, 0.1) is 0 Å². The van der Waals surface area contributed by atoms with Crippen molar-refractivity contribution in [2.24, 2.45) is 0 Å². The summed E-state index contributed by atoms with van der Waals surface area (Å²) in [5.41, 5.74) is 1.54. The Morgan fingerprint density at radius 3 is 1.32 bits per heavy atom. The smallest absolute Gasteiger partial charge is 0.200 e. The first-order chi connectivity index (χ1) is 12.6. The lowest BCUT2D eigenvalue weighted by atomic mass is 10.2. The molecule has 3 aromatic rings. The lowest BCUT2D eigenvalue weighted by molar-refractivity contribution is 0.373. The van der Waals surface area contributed by atoms with Gasteiger partial charge >= 0.3 is 0 Å². The van der Waals surface area contributed by atoms with Crippen molar-refractivity contribution >= 4 is 0 Å². The van der Waals surface area contributed by atoms with Gasteiger partial charge < -0.3 is 5.11 Å². The molecule has 0 radical (unpaired) electrons. The summed E-state index contributed by atoms with van der Waals surface area (Å²) in [6.45, 7) is 4.84. The fourth-order valence-electron chi connectivity index (χ4n) is 1.88. The first-order valence-electron chi connectivity index (χ1n) is 7.90. The summed E-state index contributed by atoms with van der Waals surface area (Å²) >= 11 is 0. The molecule has 0 unspecified atom stereocenters. The average Bonchev–Trinajstić information content (AvgIpc) is 2.65. The average molecular weight is 398 g/mol. The molecule has 1 nitrogen and oxygen atoms in total. The molecule has 3 rings (SSSR count). The Kier molecular flexibility index (Phi) is 10.5. The van der Waals surface area contributed by atoms with E-state index in [4.69, 9.17) is 5.11 Å². The van der Waals surface area contributed by atoms with Gasteiger partial charge in [0.15, 0.2) is 23.3 Å². The third-order valence-corrected chi connectivity index (χ3v) is 3.37. The highest BCUT2D eigenvalue weighted by Crippen LogP contribution is 2.21. The second kappa shape index (κ2) is 11.7. The number of hydrogen-bond donors (Lipinski definition) is 1. The molecule has 0 saturated carbocycles. The highest BCUT2D eigenvalue weighted by molar-refractivity contribution is 5.25. The van der Waals surface area contributed by atoms with Gasteiger partial charge in [-0.2, -0.15) is 0 Å². The van der Waals surface area contributed by atoms with Crippen LogP contribution in [0, 0.1) is 49.9 Å². The summed E-state index contributed by atoms with van der Waals surface area (Å²) in [7, 11) is 0. The Hall–Kier alpha value is -2.89. The van der Waals surface area contributed by atoms with Crippen LogP contribution in [0.3, 0.4) is 0 Å². The maximum absolute atomic E-state index is 12.4. The number of halogens is 5. The van der Waals surface area contributed by atoms with Crippen molar-refractivity contribution in [1.82, 2.24) is 0 Å². The number of phenolic OH excluding ortho intramolecular Hbond substituents is 1. The second-order valence-electron chi connectivity index (χ2n) is 5.69. The lowest BCUT2D eigenvalue weighted by Crippen LogP contribution is -2.03. The monoisotopic (exact) mass is 398 g/mol. The highest BCUT2D eigenvalue weighted by Gasteiger charge is 2.22. The van der Waals surface area contributed by atoms with Crippen molar-refractivity contribution in [3.63, 3.8) is 0 Å². The van der Waals surface area contributed by atoms with Crippen molar-refractivity contribution in [3.05, 3.63) is 100 Å². The highest BCUT2D eigenvalue weighted by atomic mass is 19.2. The van der Waals surface area contributed by atoms with Gasteiger partial charge in [-0.3, -0.25) is 0 Å². The van der Waals surface area contributed by atoms with Gasteiger partial charge in [0.25, 0.3) is 0 Å². The normalized spacial score (nSPS) is 9.29. The van der Waals surface area contributed by atoms with Crippen molar-refractivity contribution in [2.75, 3.05) is 0 Å². The number of aryl methyl sites for hydroxylation is 2. The van der Waals surface area contributed by atoms with Gasteiger partial charge in [0.1, 0.15) is 5.75 Å². The van der Waals surface area contributed by atoms with Crippen molar-refractivity contribution in [1.29, 1.82) is 0 Å². The largest absolute Gasteiger partial charge is 0.508 e. The Labute approximate surface area is 162 Å². The molecule has 0 fully saturated rings. The SMILES string of the molecule is C.Cc1c(F)c(F)c(F)c(F)c1F.Cc1cccc(O)c1.Cc1ccccc1. The number of rotatable bonds is 0. The van der Waals surface area contributed by atoms with Gasteiger partial charge in [0.2, 0.25) is 5.82 Å². The topological polar surface area (TPSA) is 20.2 Å². The van der Waals surface area contributed by atoms with E-state index < -0.39 is 34.6 Å². The molecule has 28 heavy (non-hydrogen) atoms. The minimum absolute atomic E-state index is 0. The number of benzene rings is 3. The number of hydrogen-bond acceptors (Lipinski definition) is 1. The van der Waals surface area contributed by atoms with Crippen LogP contribution in [0.15, 0.2) is 54.6 Å². The molecule has 0 aromatic heterocycles. The Morgan fingerprint density at radius 2 is 1.00 bits per heavy atom. The van der Waals surface area contributed by atoms with Crippen LogP contribution in [-0.2, 0) is 0 Å². The van der Waals surface area contributed by atoms with Gasteiger partial charge in [-0.1, -0.05) is 55.5 Å². The van der Waals surface area contributed by atoms with E-state index in [-0.39, 0.29) is 7.43 Å². The van der Waals surface area contributed by atoms with E-state index in [1.54, 1.807) is 12.1 Å². The van der Waals surface area contributed by atoms with Crippen LogP contribution in [0.2, 0.25) is 0 Å². The van der Waals surface area contributed by atoms with E-state index in [1.807, 2.05) is 37.3 Å². The minimum Gasteiger partial charge on any atom is -0.508 e. The molecule has 152 valence electrons. The lowest BCUT2D eigenvalue weighted by Gasteiger charge is -2.02. The summed E-state index contributed by atoms with van der Waals surface area (Å²) in [4.78, 5) is 0. The van der Waals surface area contributed by atoms with E-state index in [2.05, 4.69) is 19.1 Å². The maximum Gasteiger partial charge on any atom is 0.200 e. The first kappa shape index (κ1) is 25.1. The molecule has 0 atom stereocenters. The molecular formula is C22H23F5O. The molecule has 0 aliphatic carbocycles. The van der Waals surface area contributed by atoms with E-state index in [1.165, 1.54) is 5.56 Å². The number of phenols is 1. The molecule has 0 heterocycles. The van der Waals surface area contributed by atoms with Crippen LogP contribution >= 0.6 is 0 Å². The molecule has 0 amide bonds. The van der Waals surface area contributed by atoms with Crippen molar-refractivity contribution in [2.45, 2.75) is 28.2 Å². The summed E-state index contributed by atoms with van der Waals surface area (Å²) in [6.07, 6.45) is 0. The number of aromatic hydroxyl groups is 1. The molecule has 3 aromatic carbocycles. The molecule has 0 aliphatic heterocycles. The predicted molar refractivity (Wildman–Crippen MR) is 102 cm³/mol. The van der Waals surface area contributed by atoms with Gasteiger partial charge in [-0.05, 0) is 38.5 Å². The van der Waals surface area contributed by atoms with Crippen molar-refractivity contribution < 1.29 is 27.1 Å². The van der Waals surface area contributed by atoms with Crippen LogP contribution in [0.1, 0.15) is 24.1 Å². The molecular weight excluding hydrogens is 375 g/mol. The summed E-state index contributed by atoms with van der Waals surface area (Å²) in [6, 6.07) is 17.4. The van der Waals surface area contributed by atoms with Crippen LogP contribution in [0.4, 0.5) is 22.0 Å². The first-order valence-corrected chi connectivity index (χ1v) is 7.90. The quantitative estimate of drug-likeness (QED) is 0.245. The Bertz CT molecular complexity index is 757.